The predicted octanol–water partition coefficient (Wildman–Crippen LogP) is 3.22. The first-order valence-electron chi connectivity index (χ1n) is 6.03. The summed E-state index contributed by atoms with van der Waals surface area (Å²) >= 11 is 5.73. The highest BCUT2D eigenvalue weighted by Crippen LogP contribution is 2.23. The summed E-state index contributed by atoms with van der Waals surface area (Å²) in [5.74, 6) is -1.23. The number of sulfonamides is 1. The van der Waals surface area contributed by atoms with Gasteiger partial charge in [-0.15, -0.1) is 0 Å². The number of hydrogen-bond acceptors (Lipinski definition) is 3. The zero-order valence-electron chi connectivity index (χ0n) is 11.6. The molecule has 0 aliphatic carbocycles. The smallest absolute Gasteiger partial charge is 0.337 e. The SMILES string of the molecule is CC(C)(C)CCS(=O)(=O)Nc1ccc(Cl)c(C(=O)O)c1. The third kappa shape index (κ3) is 5.38. The number of halogens is 1. The molecule has 0 saturated heterocycles. The minimum absolute atomic E-state index is 0.0263. The number of benzene rings is 1. The van der Waals surface area contributed by atoms with Crippen molar-refractivity contribution in [2.24, 2.45) is 5.41 Å². The van der Waals surface area contributed by atoms with Gasteiger partial charge in [0.05, 0.1) is 16.3 Å². The Kier molecular flexibility index (Phi) is 5.05. The van der Waals surface area contributed by atoms with Gasteiger partial charge in [0, 0.05) is 5.69 Å². The van der Waals surface area contributed by atoms with Crippen molar-refractivity contribution in [3.05, 3.63) is 28.8 Å². The summed E-state index contributed by atoms with van der Waals surface area (Å²) in [6.07, 6.45) is 0.502. The van der Waals surface area contributed by atoms with Gasteiger partial charge in [-0.25, -0.2) is 13.2 Å². The number of rotatable bonds is 5. The fraction of sp³-hybridized carbons (Fsp3) is 0.462. The third-order valence-electron chi connectivity index (χ3n) is 2.59. The largest absolute Gasteiger partial charge is 0.478 e. The first-order chi connectivity index (χ1) is 9.00. The Balaban J connectivity index is 2.88. The van der Waals surface area contributed by atoms with E-state index < -0.39 is 16.0 Å². The third-order valence-corrected chi connectivity index (χ3v) is 4.21. The normalized spacial score (nSPS) is 12.2. The van der Waals surface area contributed by atoms with Gasteiger partial charge in [-0.3, -0.25) is 4.72 Å². The summed E-state index contributed by atoms with van der Waals surface area (Å²) in [4.78, 5) is 10.9. The van der Waals surface area contributed by atoms with Crippen LogP contribution in [0.5, 0.6) is 0 Å². The molecule has 0 fully saturated rings. The maximum atomic E-state index is 11.9. The molecule has 0 heterocycles. The Morgan fingerprint density at radius 1 is 1.35 bits per heavy atom. The highest BCUT2D eigenvalue weighted by molar-refractivity contribution is 7.92. The standard InChI is InChI=1S/C13H18ClNO4S/c1-13(2,3)6-7-20(18,19)15-9-4-5-11(14)10(8-9)12(16)17/h4-5,8,15H,6-7H2,1-3H3,(H,16,17). The summed E-state index contributed by atoms with van der Waals surface area (Å²) < 4.78 is 26.2. The number of carboxylic acids is 1. The van der Waals surface area contributed by atoms with E-state index in [0.29, 0.717) is 6.42 Å². The molecular weight excluding hydrogens is 302 g/mol. The van der Waals surface area contributed by atoms with Crippen LogP contribution in [0.4, 0.5) is 5.69 Å². The maximum absolute atomic E-state index is 11.9. The van der Waals surface area contributed by atoms with E-state index in [-0.39, 0.29) is 27.4 Å². The lowest BCUT2D eigenvalue weighted by molar-refractivity contribution is 0.0697. The van der Waals surface area contributed by atoms with E-state index in [1.54, 1.807) is 0 Å². The number of nitrogens with one attached hydrogen (secondary N) is 1. The molecular formula is C13H18ClNO4S. The first-order valence-corrected chi connectivity index (χ1v) is 8.06. The Bertz CT molecular complexity index is 605. The second-order valence-electron chi connectivity index (χ2n) is 5.73. The average Bonchev–Trinajstić information content (AvgIpc) is 2.28. The second-order valence-corrected chi connectivity index (χ2v) is 7.98. The Morgan fingerprint density at radius 2 is 1.95 bits per heavy atom. The van der Waals surface area contributed by atoms with E-state index in [1.807, 2.05) is 20.8 Å². The van der Waals surface area contributed by atoms with E-state index in [0.717, 1.165) is 0 Å². The molecule has 1 aromatic rings. The molecule has 0 amide bonds. The minimum atomic E-state index is -3.51. The van der Waals surface area contributed by atoms with Crippen LogP contribution < -0.4 is 4.72 Å². The van der Waals surface area contributed by atoms with Gasteiger partial charge >= 0.3 is 5.97 Å². The number of hydrogen-bond donors (Lipinski definition) is 2. The van der Waals surface area contributed by atoms with Crippen LogP contribution in [0.1, 0.15) is 37.6 Å². The monoisotopic (exact) mass is 319 g/mol. The van der Waals surface area contributed by atoms with Gasteiger partial charge < -0.3 is 5.11 Å². The topological polar surface area (TPSA) is 83.5 Å². The first kappa shape index (κ1) is 16.8. The van der Waals surface area contributed by atoms with Crippen molar-refractivity contribution in [3.63, 3.8) is 0 Å². The van der Waals surface area contributed by atoms with Crippen LogP contribution in [0.2, 0.25) is 5.02 Å². The van der Waals surface area contributed by atoms with Crippen LogP contribution in [0.15, 0.2) is 18.2 Å². The van der Waals surface area contributed by atoms with Gasteiger partial charge in [0.1, 0.15) is 0 Å². The van der Waals surface area contributed by atoms with E-state index in [4.69, 9.17) is 16.7 Å². The molecule has 0 saturated carbocycles. The zero-order chi connectivity index (χ0) is 15.6. The molecule has 0 unspecified atom stereocenters. The molecule has 0 bridgehead atoms. The van der Waals surface area contributed by atoms with Crippen LogP contribution in [-0.4, -0.2) is 25.2 Å². The van der Waals surface area contributed by atoms with Crippen LogP contribution >= 0.6 is 11.6 Å². The van der Waals surface area contributed by atoms with E-state index in [2.05, 4.69) is 4.72 Å². The molecule has 0 atom stereocenters. The van der Waals surface area contributed by atoms with E-state index in [9.17, 15) is 13.2 Å². The summed E-state index contributed by atoms with van der Waals surface area (Å²) in [6, 6.07) is 4.00. The molecule has 0 aromatic heterocycles. The van der Waals surface area contributed by atoms with Crippen molar-refractivity contribution < 1.29 is 18.3 Å². The molecule has 5 nitrogen and oxygen atoms in total. The Hall–Kier alpha value is -1.27. The van der Waals surface area contributed by atoms with Gasteiger partial charge in [0.15, 0.2) is 0 Å². The minimum Gasteiger partial charge on any atom is -0.478 e. The van der Waals surface area contributed by atoms with Crippen molar-refractivity contribution >= 4 is 33.3 Å². The Labute approximate surface area is 124 Å². The van der Waals surface area contributed by atoms with Gasteiger partial charge in [0.25, 0.3) is 0 Å². The lowest BCUT2D eigenvalue weighted by Crippen LogP contribution is -2.21. The fourth-order valence-corrected chi connectivity index (χ4v) is 3.09. The van der Waals surface area contributed by atoms with Crippen LogP contribution in [0.25, 0.3) is 0 Å². The molecule has 0 spiro atoms. The quantitative estimate of drug-likeness (QED) is 0.872. The Morgan fingerprint density at radius 3 is 2.45 bits per heavy atom. The molecule has 1 aromatic carbocycles. The van der Waals surface area contributed by atoms with Crippen molar-refractivity contribution in [1.29, 1.82) is 0 Å². The van der Waals surface area contributed by atoms with Crippen molar-refractivity contribution in [2.45, 2.75) is 27.2 Å². The van der Waals surface area contributed by atoms with Gasteiger partial charge in [-0.2, -0.15) is 0 Å². The lowest BCUT2D eigenvalue weighted by atomic mass is 9.94. The molecule has 0 radical (unpaired) electrons. The van der Waals surface area contributed by atoms with Gasteiger partial charge in [-0.05, 0) is 30.0 Å². The van der Waals surface area contributed by atoms with E-state index >= 15 is 0 Å². The van der Waals surface area contributed by atoms with Crippen LogP contribution in [-0.2, 0) is 10.0 Å². The maximum Gasteiger partial charge on any atom is 0.337 e. The fourth-order valence-electron chi connectivity index (χ4n) is 1.42. The molecule has 2 N–H and O–H groups in total. The predicted molar refractivity (Wildman–Crippen MR) is 79.9 cm³/mol. The molecule has 0 aliphatic rings. The van der Waals surface area contributed by atoms with Crippen molar-refractivity contribution in [1.82, 2.24) is 0 Å². The molecule has 1 rings (SSSR count). The number of carbonyl (C=O) groups is 1. The molecule has 0 aliphatic heterocycles. The summed E-state index contributed by atoms with van der Waals surface area (Å²) in [7, 11) is -3.51. The lowest BCUT2D eigenvalue weighted by Gasteiger charge is -2.18. The summed E-state index contributed by atoms with van der Waals surface area (Å²) in [5.41, 5.74) is -0.0376. The van der Waals surface area contributed by atoms with Crippen LogP contribution in [0, 0.1) is 5.41 Å². The van der Waals surface area contributed by atoms with Crippen molar-refractivity contribution in [2.75, 3.05) is 10.5 Å². The number of carboxylic acid groups (broad SMARTS) is 1. The highest BCUT2D eigenvalue weighted by Gasteiger charge is 2.18. The summed E-state index contributed by atoms with van der Waals surface area (Å²) in [6.45, 7) is 5.86. The summed E-state index contributed by atoms with van der Waals surface area (Å²) in [5, 5.41) is 9.00. The molecule has 20 heavy (non-hydrogen) atoms. The molecule has 7 heteroatoms. The zero-order valence-corrected chi connectivity index (χ0v) is 13.2. The van der Waals surface area contributed by atoms with Gasteiger partial charge in [-0.1, -0.05) is 32.4 Å². The number of aromatic carboxylic acids is 1. The molecule has 112 valence electrons. The average molecular weight is 320 g/mol. The van der Waals surface area contributed by atoms with Gasteiger partial charge in [0.2, 0.25) is 10.0 Å². The van der Waals surface area contributed by atoms with Crippen LogP contribution in [0.3, 0.4) is 0 Å². The second kappa shape index (κ2) is 6.01. The van der Waals surface area contributed by atoms with Crippen molar-refractivity contribution in [3.8, 4) is 0 Å². The number of anilines is 1. The van der Waals surface area contributed by atoms with E-state index in [1.165, 1.54) is 18.2 Å². The highest BCUT2D eigenvalue weighted by atomic mass is 35.5.